The van der Waals surface area contributed by atoms with Crippen LogP contribution in [0.4, 0.5) is 15.0 Å². The number of pyridine rings is 1. The van der Waals surface area contributed by atoms with Crippen molar-refractivity contribution in [3.05, 3.63) is 82.8 Å². The van der Waals surface area contributed by atoms with Crippen molar-refractivity contribution in [1.29, 1.82) is 0 Å². The predicted octanol–water partition coefficient (Wildman–Crippen LogP) is 12.4. The Morgan fingerprint density at radius 1 is 0.948 bits per heavy atom. The Morgan fingerprint density at radius 2 is 1.71 bits per heavy atom. The molecule has 0 saturated carbocycles. The van der Waals surface area contributed by atoms with Gasteiger partial charge in [0.2, 0.25) is 11.8 Å². The molecule has 0 aliphatic carbocycles. The third-order valence-corrected chi connectivity index (χ3v) is 14.1. The van der Waals surface area contributed by atoms with Gasteiger partial charge in [-0.25, -0.2) is 9.18 Å². The summed E-state index contributed by atoms with van der Waals surface area (Å²) in [7, 11) is 1.58. The topological polar surface area (TPSA) is 165 Å². The Bertz CT molecular complexity index is 2740. The number of nitrogens with zero attached hydrogens (tertiary/aromatic N) is 5. The van der Waals surface area contributed by atoms with Gasteiger partial charge >= 0.3 is 12.1 Å². The van der Waals surface area contributed by atoms with Gasteiger partial charge in [0.1, 0.15) is 36.9 Å². The molecular formula is C62H86FN7O7. The summed E-state index contributed by atoms with van der Waals surface area (Å²) >= 11 is 0. The number of benzene rings is 3. The molecule has 2 aromatic heterocycles. The summed E-state index contributed by atoms with van der Waals surface area (Å²) in [5.41, 5.74) is 5.84. The zero-order valence-electron chi connectivity index (χ0n) is 47.9. The highest BCUT2D eigenvalue weighted by atomic mass is 19.1. The third-order valence-electron chi connectivity index (χ3n) is 14.1. The second-order valence-corrected chi connectivity index (χ2v) is 19.5. The lowest BCUT2D eigenvalue weighted by Gasteiger charge is -2.32. The van der Waals surface area contributed by atoms with E-state index in [1.54, 1.807) is 13.2 Å². The van der Waals surface area contributed by atoms with Crippen LogP contribution in [0.25, 0.3) is 32.9 Å². The van der Waals surface area contributed by atoms with E-state index in [4.69, 9.17) is 25.6 Å². The summed E-state index contributed by atoms with van der Waals surface area (Å²) in [5, 5.41) is 7.53. The molecule has 15 heteroatoms. The van der Waals surface area contributed by atoms with Crippen molar-refractivity contribution in [3.63, 3.8) is 0 Å². The number of anilines is 1. The number of hydrogen-bond acceptors (Lipinski definition) is 12. The largest absolute Gasteiger partial charge is 0.492 e. The van der Waals surface area contributed by atoms with E-state index < -0.39 is 5.82 Å². The Kier molecular flexibility index (Phi) is 26.8. The Hall–Kier alpha value is -6.66. The number of nitrogens with one attached hydrogen (secondary N) is 2. The van der Waals surface area contributed by atoms with Crippen LogP contribution in [0.5, 0.6) is 11.8 Å². The maximum atomic E-state index is 14.6. The van der Waals surface area contributed by atoms with Crippen molar-refractivity contribution in [2.24, 2.45) is 11.8 Å². The molecule has 0 bridgehead atoms. The molecule has 3 amide bonds. The predicted molar refractivity (Wildman–Crippen MR) is 308 cm³/mol. The number of ether oxygens (including phenoxy) is 3. The quantitative estimate of drug-likeness (QED) is 0.0497. The van der Waals surface area contributed by atoms with Crippen molar-refractivity contribution in [3.8, 4) is 35.4 Å². The van der Waals surface area contributed by atoms with Gasteiger partial charge in [-0.1, -0.05) is 91.1 Å². The van der Waals surface area contributed by atoms with Gasteiger partial charge in [-0.05, 0) is 126 Å². The molecule has 77 heavy (non-hydrogen) atoms. The summed E-state index contributed by atoms with van der Waals surface area (Å²) in [4.78, 5) is 61.9. The molecule has 4 atom stereocenters. The Morgan fingerprint density at radius 3 is 2.38 bits per heavy atom. The number of imide groups is 1. The molecule has 6 heterocycles. The van der Waals surface area contributed by atoms with E-state index in [9.17, 15) is 23.6 Å². The molecule has 5 aromatic rings. The van der Waals surface area contributed by atoms with Crippen molar-refractivity contribution >= 4 is 51.7 Å². The van der Waals surface area contributed by atoms with Crippen LogP contribution in [-0.4, -0.2) is 103 Å². The zero-order chi connectivity index (χ0) is 56.4. The standard InChI is InChI=1S/C27H25FN4O.C19H28N2O3.C8H13NO2.C4H8O.2C2H6/c1-5-19-22(28)12-11-18-9-6-10-20(23(18)19)24-17(3)25-21(14-29-24)26(31-27(30-25)33-4)32-13-7-8-16(2)15-32;1-14-5-8-18(12-15(14)2)23-11-9-20-19(22)24-13-17-7-6-16-4-3-10-21(16)17;1-2-3-6-4-5-7(10)9-8(6)11;1-2-3-4-5;2*1-2/h1,6,9-12,14,16H,7-8,13,15H2,2-4H3;5,8,12,16-17H,3-4,6-7,9-11,13H2,1-2H3,(H,20,22);6H,2-5H2,1H3,(H,9,10,11);4H,2-3H2,1H3;2*1-2H3. The first-order chi connectivity index (χ1) is 37.3. The van der Waals surface area contributed by atoms with Crippen LogP contribution in [-0.2, 0) is 19.1 Å². The smallest absolute Gasteiger partial charge is 0.407 e. The highest BCUT2D eigenvalue weighted by Gasteiger charge is 2.37. The number of unbranched alkanes of at least 4 members (excludes halogenated alkanes) is 1. The summed E-state index contributed by atoms with van der Waals surface area (Å²) in [6.45, 7) is 24.8. The number of amides is 3. The number of methoxy groups -OCH3 is 1. The molecule has 418 valence electrons. The number of hydrogen-bond donors (Lipinski definition) is 2. The van der Waals surface area contributed by atoms with Gasteiger partial charge in [-0.3, -0.25) is 24.8 Å². The Balaban J connectivity index is 0.000000253. The van der Waals surface area contributed by atoms with Gasteiger partial charge in [-0.15, -0.1) is 6.42 Å². The molecule has 14 nitrogen and oxygen atoms in total. The van der Waals surface area contributed by atoms with Crippen LogP contribution >= 0.6 is 0 Å². The molecule has 9 rings (SSSR count). The number of alkyl carbamates (subject to hydrolysis) is 1. The number of terminal acetylenes is 1. The number of carbonyl (C=O) groups is 4. The maximum Gasteiger partial charge on any atom is 0.407 e. The fourth-order valence-corrected chi connectivity index (χ4v) is 10.1. The Labute approximate surface area is 458 Å². The minimum Gasteiger partial charge on any atom is -0.492 e. The van der Waals surface area contributed by atoms with Crippen LogP contribution in [0, 0.1) is 50.8 Å². The normalized spacial score (nSPS) is 18.4. The molecule has 4 aliphatic rings. The number of carbonyl (C=O) groups excluding carboxylic acids is 4. The molecule has 2 N–H and O–H groups in total. The summed E-state index contributed by atoms with van der Waals surface area (Å²) in [6.07, 6.45) is 20.2. The van der Waals surface area contributed by atoms with Crippen LogP contribution in [0.2, 0.25) is 0 Å². The molecule has 4 aliphatic heterocycles. The van der Waals surface area contributed by atoms with Gasteiger partial charge in [0, 0.05) is 66.6 Å². The lowest BCUT2D eigenvalue weighted by molar-refractivity contribution is -0.136. The highest BCUT2D eigenvalue weighted by Crippen LogP contribution is 2.38. The van der Waals surface area contributed by atoms with E-state index in [0.717, 1.165) is 109 Å². The van der Waals surface area contributed by atoms with Gasteiger partial charge in [0.05, 0.1) is 35.8 Å². The van der Waals surface area contributed by atoms with E-state index in [2.05, 4.69) is 57.1 Å². The summed E-state index contributed by atoms with van der Waals surface area (Å²) in [6, 6.07) is 16.4. The van der Waals surface area contributed by atoms with Crippen molar-refractivity contribution < 1.29 is 37.8 Å². The SMILES string of the molecule is C#Cc1c(F)ccc2cccc(-c3ncc4c(N5CCCC(C)C5)nc(OC)nc4c3C)c12.CC.CC.CCCC1CCC(=O)NC1=O.CCCC=O.Cc1ccc(OCCNC(=O)OCC2CCC3CCCN32)cc1C. The average molecular weight is 1060 g/mol. The first-order valence-corrected chi connectivity index (χ1v) is 28.1. The molecule has 0 radical (unpaired) electrons. The van der Waals surface area contributed by atoms with E-state index in [-0.39, 0.29) is 29.4 Å². The fourth-order valence-electron chi connectivity index (χ4n) is 10.1. The zero-order valence-corrected chi connectivity index (χ0v) is 47.9. The average Bonchev–Trinajstić information content (AvgIpc) is 4.09. The molecule has 4 saturated heterocycles. The molecule has 0 spiro atoms. The number of aryl methyl sites for hydroxylation is 3. The van der Waals surface area contributed by atoms with Gasteiger partial charge in [0.25, 0.3) is 0 Å². The van der Waals surface area contributed by atoms with Crippen molar-refractivity contribution in [2.75, 3.05) is 51.4 Å². The van der Waals surface area contributed by atoms with E-state index in [0.29, 0.717) is 61.7 Å². The van der Waals surface area contributed by atoms with E-state index in [1.165, 1.54) is 42.9 Å². The minimum atomic E-state index is -0.415. The number of aldehydes is 1. The van der Waals surface area contributed by atoms with Gasteiger partial charge in [0.15, 0.2) is 0 Å². The number of rotatable bonds is 13. The highest BCUT2D eigenvalue weighted by molar-refractivity contribution is 6.03. The number of aromatic nitrogens is 3. The van der Waals surface area contributed by atoms with Crippen LogP contribution < -0.4 is 25.0 Å². The van der Waals surface area contributed by atoms with Gasteiger partial charge in [-0.2, -0.15) is 9.97 Å². The van der Waals surface area contributed by atoms with Crippen LogP contribution in [0.3, 0.4) is 0 Å². The molecule has 4 unspecified atom stereocenters. The van der Waals surface area contributed by atoms with Gasteiger partial charge < -0.3 is 29.2 Å². The summed E-state index contributed by atoms with van der Waals surface area (Å²) < 4.78 is 31.0. The maximum absolute atomic E-state index is 14.6. The first-order valence-electron chi connectivity index (χ1n) is 28.1. The molecular weight excluding hydrogens is 974 g/mol. The van der Waals surface area contributed by atoms with Crippen LogP contribution in [0.15, 0.2) is 54.7 Å². The monoisotopic (exact) mass is 1060 g/mol. The lowest BCUT2D eigenvalue weighted by atomic mass is 9.94. The van der Waals surface area contributed by atoms with E-state index >= 15 is 0 Å². The summed E-state index contributed by atoms with van der Waals surface area (Å²) in [5.74, 6) is 4.26. The second-order valence-electron chi connectivity index (χ2n) is 19.5. The molecule has 4 fully saturated rings. The molecule has 3 aromatic carbocycles. The third kappa shape index (κ3) is 17.7. The van der Waals surface area contributed by atoms with Crippen LogP contribution in [0.1, 0.15) is 148 Å². The number of halogens is 1. The lowest BCUT2D eigenvalue weighted by Crippen LogP contribution is -2.40. The van der Waals surface area contributed by atoms with Crippen molar-refractivity contribution in [2.45, 2.75) is 158 Å². The fraction of sp³-hybridized carbons (Fsp3) is 0.532. The number of piperidine rings is 2. The van der Waals surface area contributed by atoms with E-state index in [1.807, 2.05) is 91.1 Å². The first kappa shape index (κ1) is 62.9. The number of fused-ring (bicyclic) bond motifs is 3. The minimum absolute atomic E-state index is 0.0805. The van der Waals surface area contributed by atoms with Crippen molar-refractivity contribution in [1.82, 2.24) is 30.5 Å². The second kappa shape index (κ2) is 32.8.